The van der Waals surface area contributed by atoms with E-state index in [9.17, 15) is 23.8 Å². The smallest absolute Gasteiger partial charge is 0.407 e. The molecule has 168 valence electrons. The number of piperidine rings is 1. The van der Waals surface area contributed by atoms with Gasteiger partial charge in [0.1, 0.15) is 23.1 Å². The Bertz CT molecular complexity index is 937. The van der Waals surface area contributed by atoms with Crippen molar-refractivity contribution in [1.82, 2.24) is 4.90 Å². The molecule has 0 atom stereocenters. The van der Waals surface area contributed by atoms with E-state index in [1.54, 1.807) is 32.9 Å². The average Bonchev–Trinajstić information content (AvgIpc) is 2.65. The Labute approximate surface area is 180 Å². The van der Waals surface area contributed by atoms with Crippen LogP contribution in [0, 0.1) is 11.6 Å². The number of nitrogens with zero attached hydrogens (tertiary/aromatic N) is 2. The molecule has 2 aromatic rings. The second-order valence-corrected chi connectivity index (χ2v) is 8.96. The van der Waals surface area contributed by atoms with Crippen LogP contribution < -0.4 is 9.64 Å². The van der Waals surface area contributed by atoms with E-state index >= 15 is 0 Å². The van der Waals surface area contributed by atoms with Crippen LogP contribution in [0.15, 0.2) is 42.5 Å². The number of amides is 1. The maximum Gasteiger partial charge on any atom is 0.407 e. The highest BCUT2D eigenvalue weighted by Gasteiger charge is 2.39. The van der Waals surface area contributed by atoms with Crippen molar-refractivity contribution in [2.24, 2.45) is 0 Å². The van der Waals surface area contributed by atoms with E-state index in [0.29, 0.717) is 31.6 Å². The summed E-state index contributed by atoms with van der Waals surface area (Å²) in [4.78, 5) is 14.8. The molecule has 1 fully saturated rings. The fourth-order valence-corrected chi connectivity index (χ4v) is 3.68. The van der Waals surface area contributed by atoms with E-state index in [2.05, 4.69) is 0 Å². The van der Waals surface area contributed by atoms with Gasteiger partial charge >= 0.3 is 6.09 Å². The molecule has 0 unspecified atom stereocenters. The number of benzene rings is 2. The largest absolute Gasteiger partial charge is 0.465 e. The molecule has 2 aromatic carbocycles. The first kappa shape index (κ1) is 22.8. The van der Waals surface area contributed by atoms with Crippen LogP contribution in [0.2, 0.25) is 0 Å². The molecule has 6 nitrogen and oxygen atoms in total. The van der Waals surface area contributed by atoms with Gasteiger partial charge in [0.2, 0.25) is 0 Å². The second kappa shape index (κ2) is 8.70. The Hall–Kier alpha value is -2.87. The summed E-state index contributed by atoms with van der Waals surface area (Å²) < 4.78 is 33.2. The van der Waals surface area contributed by atoms with Crippen LogP contribution in [0.1, 0.15) is 33.6 Å². The Morgan fingerprint density at radius 1 is 1.10 bits per heavy atom. The molecule has 0 saturated carbocycles. The molecular weight excluding hydrogens is 406 g/mol. The molecule has 3 rings (SSSR count). The van der Waals surface area contributed by atoms with Gasteiger partial charge in [0.25, 0.3) is 0 Å². The Morgan fingerprint density at radius 3 is 2.32 bits per heavy atom. The monoisotopic (exact) mass is 434 g/mol. The number of halogens is 2. The molecule has 31 heavy (non-hydrogen) atoms. The maximum absolute atomic E-state index is 14.2. The first-order valence-corrected chi connectivity index (χ1v) is 10.2. The summed E-state index contributed by atoms with van der Waals surface area (Å²) in [6.45, 7) is 6.22. The van der Waals surface area contributed by atoms with Crippen LogP contribution in [-0.2, 0) is 0 Å². The number of rotatable bonds is 5. The number of anilines is 1. The van der Waals surface area contributed by atoms with Crippen LogP contribution >= 0.6 is 0 Å². The second-order valence-electron chi connectivity index (χ2n) is 8.96. The van der Waals surface area contributed by atoms with E-state index < -0.39 is 28.9 Å². The molecule has 0 aromatic heterocycles. The molecule has 0 spiro atoms. The third-order valence-corrected chi connectivity index (χ3v) is 5.44. The van der Waals surface area contributed by atoms with Gasteiger partial charge in [-0.3, -0.25) is 0 Å². The normalized spacial score (nSPS) is 16.1. The van der Waals surface area contributed by atoms with Gasteiger partial charge in [-0.1, -0.05) is 6.07 Å². The lowest BCUT2D eigenvalue weighted by Crippen LogP contribution is -2.56. The first-order chi connectivity index (χ1) is 14.4. The van der Waals surface area contributed by atoms with Crippen LogP contribution in [-0.4, -0.2) is 52.0 Å². The summed E-state index contributed by atoms with van der Waals surface area (Å²) in [5.41, 5.74) is -1.21. The zero-order chi connectivity index (χ0) is 22.8. The lowest BCUT2D eigenvalue weighted by atomic mass is 9.89. The van der Waals surface area contributed by atoms with Crippen molar-refractivity contribution in [2.75, 3.05) is 24.5 Å². The quantitative estimate of drug-likeness (QED) is 0.703. The lowest BCUT2D eigenvalue weighted by Gasteiger charge is -2.44. The van der Waals surface area contributed by atoms with Crippen LogP contribution in [0.25, 0.3) is 0 Å². The van der Waals surface area contributed by atoms with E-state index in [0.717, 1.165) is 0 Å². The third-order valence-electron chi connectivity index (χ3n) is 5.44. The molecule has 0 radical (unpaired) electrons. The van der Waals surface area contributed by atoms with Gasteiger partial charge in [0.15, 0.2) is 0 Å². The van der Waals surface area contributed by atoms with Gasteiger partial charge < -0.3 is 24.7 Å². The minimum atomic E-state index is -1.16. The average molecular weight is 434 g/mol. The van der Waals surface area contributed by atoms with Crippen molar-refractivity contribution in [3.05, 3.63) is 54.1 Å². The Kier molecular flexibility index (Phi) is 6.40. The summed E-state index contributed by atoms with van der Waals surface area (Å²) in [5.74, 6) is -0.434. The SMILES string of the molecule is CC(C)(C)N(CC1(O)CCN(c2cc(F)cc(Oc3cccc(F)c3)c2)CC1)C(=O)O. The van der Waals surface area contributed by atoms with Crippen molar-refractivity contribution in [2.45, 2.75) is 44.8 Å². The van der Waals surface area contributed by atoms with Gasteiger partial charge in [0, 0.05) is 42.5 Å². The Balaban J connectivity index is 1.70. The summed E-state index contributed by atoms with van der Waals surface area (Å²) in [5, 5.41) is 20.5. The van der Waals surface area contributed by atoms with Gasteiger partial charge in [0.05, 0.1) is 12.1 Å². The molecule has 1 amide bonds. The highest BCUT2D eigenvalue weighted by Crippen LogP contribution is 2.32. The number of ether oxygens (including phenoxy) is 1. The van der Waals surface area contributed by atoms with Gasteiger partial charge in [-0.2, -0.15) is 0 Å². The molecule has 1 aliphatic heterocycles. The fraction of sp³-hybridized carbons (Fsp3) is 0.435. The van der Waals surface area contributed by atoms with E-state index in [1.807, 2.05) is 4.90 Å². The highest BCUT2D eigenvalue weighted by atomic mass is 19.1. The summed E-state index contributed by atoms with van der Waals surface area (Å²) in [6, 6.07) is 9.87. The van der Waals surface area contributed by atoms with Crippen LogP contribution in [0.5, 0.6) is 11.5 Å². The third kappa shape index (κ3) is 5.85. The first-order valence-electron chi connectivity index (χ1n) is 10.2. The topological polar surface area (TPSA) is 73.2 Å². The zero-order valence-electron chi connectivity index (χ0n) is 17.9. The molecule has 2 N–H and O–H groups in total. The maximum atomic E-state index is 14.2. The van der Waals surface area contributed by atoms with Crippen LogP contribution in [0.3, 0.4) is 0 Å². The van der Waals surface area contributed by atoms with Gasteiger partial charge in [-0.25, -0.2) is 13.6 Å². The summed E-state index contributed by atoms with van der Waals surface area (Å²) in [7, 11) is 0. The number of hydrogen-bond acceptors (Lipinski definition) is 4. The van der Waals surface area contributed by atoms with Crippen LogP contribution in [0.4, 0.5) is 19.3 Å². The molecule has 8 heteroatoms. The van der Waals surface area contributed by atoms with Crippen molar-refractivity contribution in [3.8, 4) is 11.5 Å². The van der Waals surface area contributed by atoms with Gasteiger partial charge in [-0.05, 0) is 51.8 Å². The van der Waals surface area contributed by atoms with Gasteiger partial charge in [-0.15, -0.1) is 0 Å². The zero-order valence-corrected chi connectivity index (χ0v) is 17.9. The molecule has 0 bridgehead atoms. The number of carbonyl (C=O) groups is 1. The fourth-order valence-electron chi connectivity index (χ4n) is 3.68. The van der Waals surface area contributed by atoms with Crippen molar-refractivity contribution >= 4 is 11.8 Å². The standard InChI is InChI=1S/C23H28F2N2O4/c1-22(2,3)27(21(28)29)15-23(30)7-9-26(10-8-23)18-11-17(25)13-20(14-18)31-19-6-4-5-16(24)12-19/h4-6,11-14,30H,7-10,15H2,1-3H3,(H,28,29). The number of carboxylic acid groups (broad SMARTS) is 1. The van der Waals surface area contributed by atoms with E-state index in [4.69, 9.17) is 4.74 Å². The molecule has 0 aliphatic carbocycles. The van der Waals surface area contributed by atoms with E-state index in [-0.39, 0.29) is 18.0 Å². The number of β-amino-alcohol motifs (C(OH)–C–C–N with tert-alkyl or cyclic N) is 1. The van der Waals surface area contributed by atoms with Crippen molar-refractivity contribution in [1.29, 1.82) is 0 Å². The molecule has 1 saturated heterocycles. The lowest BCUT2D eigenvalue weighted by molar-refractivity contribution is -0.0312. The molecular formula is C23H28F2N2O4. The predicted molar refractivity (Wildman–Crippen MR) is 114 cm³/mol. The summed E-state index contributed by atoms with van der Waals surface area (Å²) in [6.07, 6.45) is -0.403. The predicted octanol–water partition coefficient (Wildman–Crippen LogP) is 4.87. The van der Waals surface area contributed by atoms with E-state index in [1.165, 1.54) is 35.2 Å². The minimum absolute atomic E-state index is 0.0107. The minimum Gasteiger partial charge on any atom is -0.465 e. The molecule has 1 aliphatic rings. The number of aliphatic hydroxyl groups is 1. The highest BCUT2D eigenvalue weighted by molar-refractivity contribution is 5.66. The summed E-state index contributed by atoms with van der Waals surface area (Å²) >= 11 is 0. The Morgan fingerprint density at radius 2 is 1.74 bits per heavy atom. The van der Waals surface area contributed by atoms with Crippen molar-refractivity contribution in [3.63, 3.8) is 0 Å². The van der Waals surface area contributed by atoms with Crippen molar-refractivity contribution < 1.29 is 28.5 Å². The molecule has 1 heterocycles. The number of hydrogen-bond donors (Lipinski definition) is 2.